The lowest BCUT2D eigenvalue weighted by molar-refractivity contribution is 0.400. The van der Waals surface area contributed by atoms with Crippen molar-refractivity contribution in [3.8, 4) is 33.4 Å². The second kappa shape index (κ2) is 19.7. The fraction of sp³-hybridized carbons (Fsp3) is 0.429. The molecule has 0 bridgehead atoms. The first kappa shape index (κ1) is 45.6. The van der Waals surface area contributed by atoms with Crippen molar-refractivity contribution in [3.05, 3.63) is 166 Å². The number of benzene rings is 6. The number of hydrogen-bond donors (Lipinski definition) is 0. The second-order valence-corrected chi connectivity index (χ2v) is 20.4. The molecule has 6 aromatic carbocycles. The Kier molecular flexibility index (Phi) is 13.8. The van der Waals surface area contributed by atoms with Crippen LogP contribution in [0.4, 0.5) is 0 Å². The largest absolute Gasteiger partial charge is 0.113 e. The molecule has 4 radical (unpaired) electrons. The summed E-state index contributed by atoms with van der Waals surface area (Å²) >= 11 is 0. The van der Waals surface area contributed by atoms with Gasteiger partial charge < -0.3 is 0 Å². The van der Waals surface area contributed by atoms with Crippen molar-refractivity contribution in [2.75, 3.05) is 0 Å². The summed E-state index contributed by atoms with van der Waals surface area (Å²) in [5.41, 5.74) is 20.5. The SMILES string of the molecule is [B]c1ccc2c(c1)C(c1ccc3c(c1)C(CCCCCC)(CCCCCC)c1ccccc1-3)(c1ccc3c(c1)C(CCCCCC)(CCCCCC)c1ccccc1-3)c1cc([B])ccc1-2. The van der Waals surface area contributed by atoms with Crippen LogP contribution in [0.25, 0.3) is 33.4 Å². The first-order valence-corrected chi connectivity index (χ1v) is 26.2. The minimum Gasteiger partial charge on any atom is -0.0963 e. The zero-order chi connectivity index (χ0) is 45.0. The lowest BCUT2D eigenvalue weighted by atomic mass is 9.63. The molecule has 0 aliphatic heterocycles. The van der Waals surface area contributed by atoms with E-state index in [2.05, 4.69) is 149 Å². The van der Waals surface area contributed by atoms with Crippen molar-refractivity contribution in [2.24, 2.45) is 0 Å². The Morgan fingerprint density at radius 2 is 0.631 bits per heavy atom. The molecule has 3 aliphatic carbocycles. The lowest BCUT2D eigenvalue weighted by Crippen LogP contribution is -2.33. The quantitative estimate of drug-likeness (QED) is 0.0471. The van der Waals surface area contributed by atoms with E-state index in [1.807, 2.05) is 0 Å². The first-order chi connectivity index (χ1) is 31.9. The third-order valence-corrected chi connectivity index (χ3v) is 16.4. The van der Waals surface area contributed by atoms with Crippen LogP contribution in [0.5, 0.6) is 0 Å². The van der Waals surface area contributed by atoms with Gasteiger partial charge >= 0.3 is 0 Å². The van der Waals surface area contributed by atoms with Gasteiger partial charge in [-0.2, -0.15) is 0 Å². The van der Waals surface area contributed by atoms with E-state index >= 15 is 0 Å². The molecule has 6 aromatic rings. The molecule has 0 amide bonds. The van der Waals surface area contributed by atoms with Gasteiger partial charge in [-0.05, 0) is 104 Å². The van der Waals surface area contributed by atoms with Crippen LogP contribution in [0.1, 0.15) is 201 Å². The van der Waals surface area contributed by atoms with Crippen LogP contribution in [0.2, 0.25) is 0 Å². The maximum Gasteiger partial charge on any atom is 0.113 e. The lowest BCUT2D eigenvalue weighted by Gasteiger charge is -2.38. The standard InChI is InChI=1S/C63H72B2/c1-5-9-13-21-37-61(38-22-14-10-6-2)55-27-19-17-25-49(55)51-33-29-45(41-57(51)61)63(59-43-47(64)31-35-53(59)54-36-32-48(65)44-60(54)63)46-30-34-52-50-26-18-20-28-56(50)62(58(52)42-46,39-23-15-11-7-3)40-24-16-12-8-4/h17-20,25-36,41-44H,5-16,21-24,37-40H2,1-4H3. The van der Waals surface area contributed by atoms with Crippen molar-refractivity contribution < 1.29 is 0 Å². The fourth-order valence-electron chi connectivity index (χ4n) is 13.3. The number of unbranched alkanes of at least 4 members (excludes halogenated alkanes) is 12. The molecule has 0 spiro atoms. The smallest absolute Gasteiger partial charge is 0.0963 e. The third-order valence-electron chi connectivity index (χ3n) is 16.4. The molecule has 330 valence electrons. The third kappa shape index (κ3) is 7.91. The minimum atomic E-state index is -0.630. The summed E-state index contributed by atoms with van der Waals surface area (Å²) in [6, 6.07) is 47.7. The summed E-state index contributed by atoms with van der Waals surface area (Å²) in [6.45, 7) is 9.35. The zero-order valence-electron chi connectivity index (χ0n) is 40.3. The van der Waals surface area contributed by atoms with E-state index < -0.39 is 5.41 Å². The average molecular weight is 851 g/mol. The topological polar surface area (TPSA) is 0 Å². The van der Waals surface area contributed by atoms with E-state index in [0.29, 0.717) is 0 Å². The van der Waals surface area contributed by atoms with Gasteiger partial charge in [-0.15, -0.1) is 0 Å². The molecule has 0 nitrogen and oxygen atoms in total. The molecule has 0 saturated carbocycles. The Balaban J connectivity index is 1.31. The van der Waals surface area contributed by atoms with Gasteiger partial charge in [-0.1, -0.05) is 263 Å². The summed E-state index contributed by atoms with van der Waals surface area (Å²) in [7, 11) is 13.9. The summed E-state index contributed by atoms with van der Waals surface area (Å²) in [5.74, 6) is 0. The van der Waals surface area contributed by atoms with Crippen molar-refractivity contribution in [1.29, 1.82) is 0 Å². The predicted molar refractivity (Wildman–Crippen MR) is 282 cm³/mol. The van der Waals surface area contributed by atoms with Crippen LogP contribution in [0.15, 0.2) is 121 Å². The fourth-order valence-corrected chi connectivity index (χ4v) is 13.3. The summed E-state index contributed by atoms with van der Waals surface area (Å²) < 4.78 is 0. The average Bonchev–Trinajstić information content (AvgIpc) is 3.88. The molecular formula is C63H72B2. The van der Waals surface area contributed by atoms with Gasteiger partial charge in [-0.25, -0.2) is 0 Å². The molecule has 2 heteroatoms. The summed E-state index contributed by atoms with van der Waals surface area (Å²) in [5, 5.41) is 0. The molecule has 0 atom stereocenters. The van der Waals surface area contributed by atoms with Gasteiger partial charge in [0.1, 0.15) is 15.7 Å². The Labute approximate surface area is 396 Å². The highest BCUT2D eigenvalue weighted by atomic mass is 14.5. The van der Waals surface area contributed by atoms with E-state index in [9.17, 15) is 0 Å². The van der Waals surface area contributed by atoms with Crippen molar-refractivity contribution in [3.63, 3.8) is 0 Å². The molecule has 0 unspecified atom stereocenters. The second-order valence-electron chi connectivity index (χ2n) is 20.4. The van der Waals surface area contributed by atoms with Crippen LogP contribution in [0, 0.1) is 0 Å². The van der Waals surface area contributed by atoms with Gasteiger partial charge in [0.05, 0.1) is 5.41 Å². The van der Waals surface area contributed by atoms with Gasteiger partial charge in [0.25, 0.3) is 0 Å². The van der Waals surface area contributed by atoms with E-state index in [1.165, 1.54) is 195 Å². The van der Waals surface area contributed by atoms with E-state index in [1.54, 1.807) is 11.1 Å². The van der Waals surface area contributed by atoms with Crippen LogP contribution >= 0.6 is 0 Å². The molecule has 65 heavy (non-hydrogen) atoms. The van der Waals surface area contributed by atoms with E-state index in [-0.39, 0.29) is 10.8 Å². The highest BCUT2D eigenvalue weighted by Gasteiger charge is 2.50. The molecular weight excluding hydrogens is 778 g/mol. The first-order valence-electron chi connectivity index (χ1n) is 26.2. The zero-order valence-corrected chi connectivity index (χ0v) is 40.3. The molecule has 0 aromatic heterocycles. The number of rotatable bonds is 22. The minimum absolute atomic E-state index is 0.0357. The molecule has 0 saturated heterocycles. The normalized spacial score (nSPS) is 15.3. The Morgan fingerprint density at radius 3 is 1.00 bits per heavy atom. The monoisotopic (exact) mass is 851 g/mol. The Morgan fingerprint density at radius 1 is 0.308 bits per heavy atom. The summed E-state index contributed by atoms with van der Waals surface area (Å²) in [6.07, 6.45) is 25.0. The van der Waals surface area contributed by atoms with E-state index in [4.69, 9.17) is 15.7 Å². The molecule has 0 fully saturated rings. The number of hydrogen-bond acceptors (Lipinski definition) is 0. The molecule has 9 rings (SSSR count). The van der Waals surface area contributed by atoms with E-state index in [0.717, 1.165) is 10.9 Å². The van der Waals surface area contributed by atoms with Gasteiger partial charge in [-0.3, -0.25) is 0 Å². The van der Waals surface area contributed by atoms with Gasteiger partial charge in [0, 0.05) is 10.8 Å². The van der Waals surface area contributed by atoms with Crippen molar-refractivity contribution >= 4 is 26.6 Å². The van der Waals surface area contributed by atoms with Crippen LogP contribution in [-0.4, -0.2) is 15.7 Å². The Bertz CT molecular complexity index is 2400. The summed E-state index contributed by atoms with van der Waals surface area (Å²) in [4.78, 5) is 0. The van der Waals surface area contributed by atoms with Gasteiger partial charge in [0.15, 0.2) is 0 Å². The van der Waals surface area contributed by atoms with Crippen molar-refractivity contribution in [2.45, 2.75) is 172 Å². The predicted octanol–water partition coefficient (Wildman–Crippen LogP) is 16.1. The molecule has 0 heterocycles. The maximum absolute atomic E-state index is 6.95. The highest BCUT2D eigenvalue weighted by Crippen LogP contribution is 2.61. The van der Waals surface area contributed by atoms with Crippen LogP contribution in [-0.2, 0) is 16.2 Å². The number of fused-ring (bicyclic) bond motifs is 9. The van der Waals surface area contributed by atoms with Crippen LogP contribution < -0.4 is 10.9 Å². The van der Waals surface area contributed by atoms with Gasteiger partial charge in [0.2, 0.25) is 0 Å². The van der Waals surface area contributed by atoms with Crippen molar-refractivity contribution in [1.82, 2.24) is 0 Å². The van der Waals surface area contributed by atoms with Crippen LogP contribution in [0.3, 0.4) is 0 Å². The molecule has 3 aliphatic rings. The molecule has 0 N–H and O–H groups in total. The maximum atomic E-state index is 6.95. The Hall–Kier alpha value is -4.55. The highest BCUT2D eigenvalue weighted by molar-refractivity contribution is 6.33.